The van der Waals surface area contributed by atoms with Crippen LogP contribution in [0.25, 0.3) is 0 Å². The van der Waals surface area contributed by atoms with Crippen LogP contribution in [0.2, 0.25) is 0 Å². The van der Waals surface area contributed by atoms with E-state index in [0.29, 0.717) is 5.69 Å². The molecule has 2 aromatic carbocycles. The molecule has 0 aliphatic carbocycles. The van der Waals surface area contributed by atoms with E-state index in [1.807, 2.05) is 45.9 Å². The van der Waals surface area contributed by atoms with Gasteiger partial charge in [-0.15, -0.1) is 0 Å². The topological polar surface area (TPSA) is 72.9 Å². The molecule has 0 saturated heterocycles. The molecule has 2 aromatic rings. The summed E-state index contributed by atoms with van der Waals surface area (Å²) in [6.45, 7) is 8.43. The maximum atomic E-state index is 13.5. The SMILES string of the molecule is COCCOC(=O)c1cccc2c1C(=O)N(c1c(C(C)C)cccc1C(C)C)C2=O. The van der Waals surface area contributed by atoms with Gasteiger partial charge in [0.2, 0.25) is 0 Å². The monoisotopic (exact) mass is 409 g/mol. The average molecular weight is 409 g/mol. The van der Waals surface area contributed by atoms with Gasteiger partial charge in [-0.05, 0) is 35.1 Å². The molecule has 0 spiro atoms. The summed E-state index contributed by atoms with van der Waals surface area (Å²) in [7, 11) is 1.51. The third-order valence-electron chi connectivity index (χ3n) is 5.22. The average Bonchev–Trinajstić information content (AvgIpc) is 2.97. The summed E-state index contributed by atoms with van der Waals surface area (Å²) in [4.78, 5) is 40.6. The van der Waals surface area contributed by atoms with Gasteiger partial charge in [-0.2, -0.15) is 0 Å². The first kappa shape index (κ1) is 21.7. The van der Waals surface area contributed by atoms with E-state index in [9.17, 15) is 14.4 Å². The Hall–Kier alpha value is -2.99. The number of imide groups is 1. The number of rotatable bonds is 7. The number of carbonyl (C=O) groups excluding carboxylic acids is 3. The molecule has 0 fully saturated rings. The van der Waals surface area contributed by atoms with E-state index in [1.54, 1.807) is 12.1 Å². The van der Waals surface area contributed by atoms with Gasteiger partial charge >= 0.3 is 5.97 Å². The second kappa shape index (κ2) is 8.79. The summed E-state index contributed by atoms with van der Waals surface area (Å²) >= 11 is 0. The number of hydrogen-bond acceptors (Lipinski definition) is 5. The third-order valence-corrected chi connectivity index (χ3v) is 5.22. The van der Waals surface area contributed by atoms with Gasteiger partial charge in [0, 0.05) is 7.11 Å². The summed E-state index contributed by atoms with van der Waals surface area (Å²) in [5, 5.41) is 0. The summed E-state index contributed by atoms with van der Waals surface area (Å²) in [5.41, 5.74) is 2.86. The zero-order valence-electron chi connectivity index (χ0n) is 18.0. The fraction of sp³-hybridized carbons (Fsp3) is 0.375. The van der Waals surface area contributed by atoms with Crippen LogP contribution >= 0.6 is 0 Å². The molecule has 1 heterocycles. The molecule has 0 N–H and O–H groups in total. The Morgan fingerprint density at radius 2 is 1.50 bits per heavy atom. The molecular formula is C24H27NO5. The van der Waals surface area contributed by atoms with E-state index in [1.165, 1.54) is 18.1 Å². The van der Waals surface area contributed by atoms with E-state index in [2.05, 4.69) is 0 Å². The molecular weight excluding hydrogens is 382 g/mol. The Bertz CT molecular complexity index is 967. The van der Waals surface area contributed by atoms with Crippen molar-refractivity contribution in [3.05, 3.63) is 64.2 Å². The molecule has 1 aliphatic rings. The predicted molar refractivity (Wildman–Crippen MR) is 114 cm³/mol. The highest BCUT2D eigenvalue weighted by Gasteiger charge is 2.42. The lowest BCUT2D eigenvalue weighted by Crippen LogP contribution is -2.32. The van der Waals surface area contributed by atoms with Crippen LogP contribution in [0, 0.1) is 0 Å². The van der Waals surface area contributed by atoms with Crippen LogP contribution in [0.3, 0.4) is 0 Å². The lowest BCUT2D eigenvalue weighted by molar-refractivity contribution is 0.0386. The van der Waals surface area contributed by atoms with Crippen molar-refractivity contribution in [3.63, 3.8) is 0 Å². The van der Waals surface area contributed by atoms with Crippen molar-refractivity contribution >= 4 is 23.5 Å². The number of hydrogen-bond donors (Lipinski definition) is 0. The Labute approximate surface area is 176 Å². The second-order valence-electron chi connectivity index (χ2n) is 7.90. The molecule has 2 amide bonds. The van der Waals surface area contributed by atoms with Crippen LogP contribution in [0.5, 0.6) is 0 Å². The van der Waals surface area contributed by atoms with Crippen molar-refractivity contribution in [1.29, 1.82) is 0 Å². The zero-order valence-corrected chi connectivity index (χ0v) is 18.0. The van der Waals surface area contributed by atoms with E-state index < -0.39 is 17.8 Å². The minimum absolute atomic E-state index is 0.0680. The van der Waals surface area contributed by atoms with Gasteiger partial charge in [-0.25, -0.2) is 9.69 Å². The molecule has 0 bridgehead atoms. The fourth-order valence-electron chi connectivity index (χ4n) is 3.72. The lowest BCUT2D eigenvalue weighted by atomic mass is 9.92. The highest BCUT2D eigenvalue weighted by atomic mass is 16.6. The van der Waals surface area contributed by atoms with Gasteiger partial charge < -0.3 is 9.47 Å². The molecule has 0 aromatic heterocycles. The maximum absolute atomic E-state index is 13.5. The number of para-hydroxylation sites is 1. The largest absolute Gasteiger partial charge is 0.460 e. The van der Waals surface area contributed by atoms with Crippen LogP contribution in [0.1, 0.15) is 81.7 Å². The molecule has 0 radical (unpaired) electrons. The van der Waals surface area contributed by atoms with Crippen molar-refractivity contribution in [1.82, 2.24) is 0 Å². The highest BCUT2D eigenvalue weighted by Crippen LogP contribution is 2.40. The Kier molecular flexibility index (Phi) is 6.37. The summed E-state index contributed by atoms with van der Waals surface area (Å²) in [6, 6.07) is 10.5. The quantitative estimate of drug-likeness (QED) is 0.381. The minimum Gasteiger partial charge on any atom is -0.460 e. The van der Waals surface area contributed by atoms with E-state index in [4.69, 9.17) is 9.47 Å². The van der Waals surface area contributed by atoms with Crippen LogP contribution in [0.15, 0.2) is 36.4 Å². The summed E-state index contributed by atoms with van der Waals surface area (Å²) < 4.78 is 10.1. The molecule has 30 heavy (non-hydrogen) atoms. The van der Waals surface area contributed by atoms with Crippen molar-refractivity contribution in [2.75, 3.05) is 25.2 Å². The number of nitrogens with zero attached hydrogens (tertiary/aromatic N) is 1. The van der Waals surface area contributed by atoms with Crippen molar-refractivity contribution in [2.24, 2.45) is 0 Å². The maximum Gasteiger partial charge on any atom is 0.339 e. The van der Waals surface area contributed by atoms with Gasteiger partial charge in [0.05, 0.1) is 29.0 Å². The van der Waals surface area contributed by atoms with Gasteiger partial charge in [0.15, 0.2) is 0 Å². The minimum atomic E-state index is -0.645. The number of anilines is 1. The number of ether oxygens (including phenoxy) is 2. The molecule has 6 nitrogen and oxygen atoms in total. The molecule has 0 saturated carbocycles. The predicted octanol–water partition coefficient (Wildman–Crippen LogP) is 4.54. The van der Waals surface area contributed by atoms with Crippen LogP contribution in [0.4, 0.5) is 5.69 Å². The van der Waals surface area contributed by atoms with Crippen LogP contribution in [-0.2, 0) is 9.47 Å². The third kappa shape index (κ3) is 3.75. The number of benzene rings is 2. The van der Waals surface area contributed by atoms with E-state index >= 15 is 0 Å². The van der Waals surface area contributed by atoms with Crippen LogP contribution in [-0.4, -0.2) is 38.1 Å². The Balaban J connectivity index is 2.12. The lowest BCUT2D eigenvalue weighted by Gasteiger charge is -2.25. The Morgan fingerprint density at radius 3 is 2.07 bits per heavy atom. The smallest absolute Gasteiger partial charge is 0.339 e. The first-order valence-electron chi connectivity index (χ1n) is 10.1. The number of fused-ring (bicyclic) bond motifs is 1. The number of carbonyl (C=O) groups is 3. The van der Waals surface area contributed by atoms with E-state index in [-0.39, 0.29) is 41.7 Å². The fourth-order valence-corrected chi connectivity index (χ4v) is 3.72. The highest BCUT2D eigenvalue weighted by molar-refractivity contribution is 6.36. The molecule has 0 unspecified atom stereocenters. The Morgan fingerprint density at radius 1 is 0.900 bits per heavy atom. The summed E-state index contributed by atoms with van der Waals surface area (Å²) in [6.07, 6.45) is 0. The zero-order chi connectivity index (χ0) is 22.0. The van der Waals surface area contributed by atoms with Crippen molar-refractivity contribution in [2.45, 2.75) is 39.5 Å². The van der Waals surface area contributed by atoms with Gasteiger partial charge in [-0.1, -0.05) is 52.0 Å². The van der Waals surface area contributed by atoms with Gasteiger partial charge in [0.1, 0.15) is 6.61 Å². The normalized spacial score (nSPS) is 13.4. The summed E-state index contributed by atoms with van der Waals surface area (Å²) in [5.74, 6) is -1.34. The molecule has 158 valence electrons. The number of amides is 2. The molecule has 0 atom stereocenters. The first-order valence-corrected chi connectivity index (χ1v) is 10.1. The molecule has 1 aliphatic heterocycles. The standard InChI is InChI=1S/C24H27NO5/c1-14(2)16-8-6-9-17(15(3)4)21(16)25-22(26)18-10-7-11-19(20(18)23(25)27)24(28)30-13-12-29-5/h6-11,14-15H,12-13H2,1-5H3. The molecule has 3 rings (SSSR count). The molecule has 6 heteroatoms. The first-order chi connectivity index (χ1) is 14.3. The number of methoxy groups -OCH3 is 1. The van der Waals surface area contributed by atoms with Gasteiger partial charge in [-0.3, -0.25) is 9.59 Å². The number of esters is 1. The second-order valence-corrected chi connectivity index (χ2v) is 7.90. The van der Waals surface area contributed by atoms with Gasteiger partial charge in [0.25, 0.3) is 11.8 Å². The van der Waals surface area contributed by atoms with E-state index in [0.717, 1.165) is 11.1 Å². The van der Waals surface area contributed by atoms with Crippen molar-refractivity contribution in [3.8, 4) is 0 Å². The van der Waals surface area contributed by atoms with Crippen molar-refractivity contribution < 1.29 is 23.9 Å². The van der Waals surface area contributed by atoms with Crippen LogP contribution < -0.4 is 4.90 Å².